The fraction of sp³-hybridized carbons (Fsp3) is 0.333. The van der Waals surface area contributed by atoms with E-state index in [4.69, 9.17) is 14.2 Å². The fourth-order valence-electron chi connectivity index (χ4n) is 2.99. The summed E-state index contributed by atoms with van der Waals surface area (Å²) in [6.07, 6.45) is 0.610. The molecule has 0 aliphatic carbocycles. The first-order chi connectivity index (χ1) is 13.6. The van der Waals surface area contributed by atoms with Crippen LogP contribution < -0.4 is 19.5 Å². The van der Waals surface area contributed by atoms with Crippen LogP contribution in [-0.4, -0.2) is 43.7 Å². The Hall–Kier alpha value is -3.22. The average molecular weight is 384 g/mol. The van der Waals surface area contributed by atoms with Crippen LogP contribution in [0, 0.1) is 0 Å². The minimum atomic E-state index is -0.215. The van der Waals surface area contributed by atoms with Crippen molar-refractivity contribution in [3.63, 3.8) is 0 Å². The second kappa shape index (κ2) is 9.12. The lowest BCUT2D eigenvalue weighted by Crippen LogP contribution is -2.40. The highest BCUT2D eigenvalue weighted by Gasteiger charge is 2.16. The number of hydrogen-bond acceptors (Lipinski definition) is 5. The molecule has 0 atom stereocenters. The molecule has 1 N–H and O–H groups in total. The third-order valence-corrected chi connectivity index (χ3v) is 4.55. The molecule has 7 heteroatoms. The van der Waals surface area contributed by atoms with Crippen molar-refractivity contribution in [2.24, 2.45) is 0 Å². The number of amides is 2. The van der Waals surface area contributed by atoms with Gasteiger partial charge in [-0.15, -0.1) is 0 Å². The summed E-state index contributed by atoms with van der Waals surface area (Å²) in [5.41, 5.74) is 1.90. The molecule has 2 aromatic rings. The number of hydrogen-bond donors (Lipinski definition) is 1. The van der Waals surface area contributed by atoms with Gasteiger partial charge in [-0.2, -0.15) is 0 Å². The first kappa shape index (κ1) is 19.5. The number of nitrogens with zero attached hydrogens (tertiary/aromatic N) is 1. The Morgan fingerprint density at radius 2 is 1.93 bits per heavy atom. The van der Waals surface area contributed by atoms with Gasteiger partial charge >= 0.3 is 0 Å². The fourth-order valence-corrected chi connectivity index (χ4v) is 2.99. The summed E-state index contributed by atoms with van der Waals surface area (Å²) in [5, 5.41) is 2.84. The van der Waals surface area contributed by atoms with E-state index in [1.165, 1.54) is 11.8 Å². The predicted octanol–water partition coefficient (Wildman–Crippen LogP) is 2.13. The van der Waals surface area contributed by atoms with Crippen molar-refractivity contribution in [1.29, 1.82) is 0 Å². The number of ether oxygens (including phenoxy) is 3. The molecule has 2 amide bonds. The molecule has 148 valence electrons. The highest BCUT2D eigenvalue weighted by Crippen LogP contribution is 2.32. The number of fused-ring (bicyclic) bond motifs is 1. The Morgan fingerprint density at radius 1 is 1.14 bits per heavy atom. The van der Waals surface area contributed by atoms with Crippen molar-refractivity contribution in [1.82, 2.24) is 10.2 Å². The van der Waals surface area contributed by atoms with E-state index in [1.807, 2.05) is 42.5 Å². The number of nitrogens with one attached hydrogen (secondary N) is 1. The van der Waals surface area contributed by atoms with Crippen molar-refractivity contribution in [2.75, 3.05) is 27.0 Å². The first-order valence-electron chi connectivity index (χ1n) is 9.09. The molecule has 1 heterocycles. The third kappa shape index (κ3) is 4.94. The van der Waals surface area contributed by atoms with Gasteiger partial charge in [-0.05, 0) is 35.7 Å². The molecule has 0 saturated carbocycles. The lowest BCUT2D eigenvalue weighted by Gasteiger charge is -2.21. The smallest absolute Gasteiger partial charge is 0.239 e. The zero-order chi connectivity index (χ0) is 19.9. The van der Waals surface area contributed by atoms with Crippen molar-refractivity contribution in [2.45, 2.75) is 19.9 Å². The maximum atomic E-state index is 12.3. The second-order valence-corrected chi connectivity index (χ2v) is 6.47. The van der Waals surface area contributed by atoms with Crippen LogP contribution in [0.4, 0.5) is 0 Å². The Kier molecular flexibility index (Phi) is 6.37. The summed E-state index contributed by atoms with van der Waals surface area (Å²) in [4.78, 5) is 25.8. The summed E-state index contributed by atoms with van der Waals surface area (Å²) in [6, 6.07) is 13.2. The van der Waals surface area contributed by atoms with Gasteiger partial charge in [0.2, 0.25) is 18.6 Å². The normalized spacial score (nSPS) is 11.8. The molecule has 0 radical (unpaired) electrons. The van der Waals surface area contributed by atoms with E-state index >= 15 is 0 Å². The number of methoxy groups -OCH3 is 1. The molecule has 0 saturated heterocycles. The minimum absolute atomic E-state index is 0.00896. The zero-order valence-electron chi connectivity index (χ0n) is 16.1. The van der Waals surface area contributed by atoms with Crippen molar-refractivity contribution in [3.05, 3.63) is 53.6 Å². The van der Waals surface area contributed by atoms with Gasteiger partial charge in [-0.1, -0.05) is 24.3 Å². The molecule has 0 unspecified atom stereocenters. The van der Waals surface area contributed by atoms with Gasteiger partial charge in [0.1, 0.15) is 5.75 Å². The van der Waals surface area contributed by atoms with Crippen LogP contribution in [0.1, 0.15) is 18.1 Å². The summed E-state index contributed by atoms with van der Waals surface area (Å²) in [7, 11) is 1.62. The molecule has 0 fully saturated rings. The summed E-state index contributed by atoms with van der Waals surface area (Å²) >= 11 is 0. The van der Waals surface area contributed by atoms with Gasteiger partial charge in [0.15, 0.2) is 11.5 Å². The van der Waals surface area contributed by atoms with Crippen molar-refractivity contribution < 1.29 is 23.8 Å². The summed E-state index contributed by atoms with van der Waals surface area (Å²) in [5.74, 6) is 1.79. The molecule has 1 aliphatic rings. The molecule has 28 heavy (non-hydrogen) atoms. The molecule has 7 nitrogen and oxygen atoms in total. The lowest BCUT2D eigenvalue weighted by molar-refractivity contribution is -0.134. The highest BCUT2D eigenvalue weighted by atomic mass is 16.7. The SMILES string of the molecule is COc1ccccc1CCN(CC(=O)NCc1ccc2c(c1)OCO2)C(C)=O. The van der Waals surface area contributed by atoms with Gasteiger partial charge in [-0.25, -0.2) is 0 Å². The second-order valence-electron chi connectivity index (χ2n) is 6.47. The Morgan fingerprint density at radius 3 is 2.71 bits per heavy atom. The minimum Gasteiger partial charge on any atom is -0.496 e. The quantitative estimate of drug-likeness (QED) is 0.755. The van der Waals surface area contributed by atoms with Crippen molar-refractivity contribution >= 4 is 11.8 Å². The number of rotatable bonds is 8. The van der Waals surface area contributed by atoms with E-state index in [0.717, 1.165) is 16.9 Å². The van der Waals surface area contributed by atoms with Crippen LogP contribution in [0.2, 0.25) is 0 Å². The average Bonchev–Trinajstić information content (AvgIpc) is 3.17. The van der Waals surface area contributed by atoms with E-state index in [-0.39, 0.29) is 25.2 Å². The molecule has 3 rings (SSSR count). The molecule has 1 aliphatic heterocycles. The molecule has 0 aromatic heterocycles. The van der Waals surface area contributed by atoms with Crippen LogP contribution in [0.15, 0.2) is 42.5 Å². The van der Waals surface area contributed by atoms with Crippen molar-refractivity contribution in [3.8, 4) is 17.2 Å². The zero-order valence-corrected chi connectivity index (χ0v) is 16.1. The third-order valence-electron chi connectivity index (χ3n) is 4.55. The predicted molar refractivity (Wildman–Crippen MR) is 103 cm³/mol. The van der Waals surface area contributed by atoms with Crippen LogP contribution in [0.3, 0.4) is 0 Å². The van der Waals surface area contributed by atoms with E-state index in [9.17, 15) is 9.59 Å². The van der Waals surface area contributed by atoms with Gasteiger partial charge in [0, 0.05) is 20.0 Å². The van der Waals surface area contributed by atoms with E-state index in [0.29, 0.717) is 31.0 Å². The van der Waals surface area contributed by atoms with Crippen LogP contribution in [-0.2, 0) is 22.6 Å². The molecular formula is C21H24N2O5. The van der Waals surface area contributed by atoms with Crippen LogP contribution in [0.5, 0.6) is 17.2 Å². The van der Waals surface area contributed by atoms with Gasteiger partial charge in [0.05, 0.1) is 13.7 Å². The molecule has 2 aromatic carbocycles. The topological polar surface area (TPSA) is 77.1 Å². The van der Waals surface area contributed by atoms with Gasteiger partial charge in [-0.3, -0.25) is 9.59 Å². The number of carbonyl (C=O) groups is 2. The maximum Gasteiger partial charge on any atom is 0.239 e. The van der Waals surface area contributed by atoms with Gasteiger partial charge < -0.3 is 24.4 Å². The van der Waals surface area contributed by atoms with E-state index in [2.05, 4.69) is 5.32 Å². The Balaban J connectivity index is 1.52. The van der Waals surface area contributed by atoms with E-state index < -0.39 is 0 Å². The largest absolute Gasteiger partial charge is 0.496 e. The van der Waals surface area contributed by atoms with Crippen LogP contribution >= 0.6 is 0 Å². The standard InChI is InChI=1S/C21H24N2O5/c1-15(24)23(10-9-17-5-3-4-6-18(17)26-2)13-21(25)22-12-16-7-8-19-20(11-16)28-14-27-19/h3-8,11H,9-10,12-14H2,1-2H3,(H,22,25). The molecular weight excluding hydrogens is 360 g/mol. The summed E-state index contributed by atoms with van der Waals surface area (Å²) in [6.45, 7) is 2.48. The highest BCUT2D eigenvalue weighted by molar-refractivity contribution is 5.83. The lowest BCUT2D eigenvalue weighted by atomic mass is 10.1. The number of para-hydroxylation sites is 1. The van der Waals surface area contributed by atoms with Gasteiger partial charge in [0.25, 0.3) is 0 Å². The van der Waals surface area contributed by atoms with Crippen LogP contribution in [0.25, 0.3) is 0 Å². The Bertz CT molecular complexity index is 852. The number of carbonyl (C=O) groups excluding carboxylic acids is 2. The Labute approximate surface area is 164 Å². The molecule has 0 spiro atoms. The monoisotopic (exact) mass is 384 g/mol. The maximum absolute atomic E-state index is 12.3. The number of benzene rings is 2. The van der Waals surface area contributed by atoms with E-state index in [1.54, 1.807) is 7.11 Å². The summed E-state index contributed by atoms with van der Waals surface area (Å²) < 4.78 is 15.9. The molecule has 0 bridgehead atoms. The first-order valence-corrected chi connectivity index (χ1v) is 9.09.